The number of rotatable bonds is 4. The number of likely N-dealkylation sites (tertiary alicyclic amines) is 1. The second-order valence-corrected chi connectivity index (χ2v) is 5.25. The van der Waals surface area contributed by atoms with Crippen LogP contribution in [0.25, 0.3) is 0 Å². The highest BCUT2D eigenvalue weighted by atomic mass is 16.5. The van der Waals surface area contributed by atoms with E-state index in [9.17, 15) is 0 Å². The molecule has 1 fully saturated rings. The van der Waals surface area contributed by atoms with Crippen LogP contribution in [0.4, 0.5) is 0 Å². The van der Waals surface area contributed by atoms with Crippen molar-refractivity contribution in [3.05, 3.63) is 29.8 Å². The lowest BCUT2D eigenvalue weighted by Crippen LogP contribution is -2.45. The standard InChI is InChI=1S/C15H24N2O/c1-3-18-14-6-4-13(5-7-14)15(12-16)8-10-17(2)11-9-15/h4-7H,3,8-12,16H2,1-2H3. The summed E-state index contributed by atoms with van der Waals surface area (Å²) < 4.78 is 5.49. The first-order valence-corrected chi connectivity index (χ1v) is 6.82. The van der Waals surface area contributed by atoms with Gasteiger partial charge < -0.3 is 15.4 Å². The van der Waals surface area contributed by atoms with Crippen molar-refractivity contribution in [2.45, 2.75) is 25.2 Å². The van der Waals surface area contributed by atoms with Gasteiger partial charge in [-0.25, -0.2) is 0 Å². The quantitative estimate of drug-likeness (QED) is 0.886. The van der Waals surface area contributed by atoms with Gasteiger partial charge in [0.05, 0.1) is 6.61 Å². The van der Waals surface area contributed by atoms with E-state index in [-0.39, 0.29) is 5.41 Å². The molecule has 0 unspecified atom stereocenters. The number of hydrogen-bond acceptors (Lipinski definition) is 3. The molecule has 0 amide bonds. The van der Waals surface area contributed by atoms with E-state index >= 15 is 0 Å². The maximum Gasteiger partial charge on any atom is 0.119 e. The van der Waals surface area contributed by atoms with Crippen LogP contribution < -0.4 is 10.5 Å². The van der Waals surface area contributed by atoms with E-state index in [4.69, 9.17) is 10.5 Å². The Balaban J connectivity index is 2.16. The normalized spacial score (nSPS) is 19.7. The fraction of sp³-hybridized carbons (Fsp3) is 0.600. The molecule has 1 saturated heterocycles. The van der Waals surface area contributed by atoms with Crippen molar-refractivity contribution in [3.8, 4) is 5.75 Å². The van der Waals surface area contributed by atoms with Gasteiger partial charge in [-0.3, -0.25) is 0 Å². The first-order chi connectivity index (χ1) is 8.70. The average Bonchev–Trinajstić information content (AvgIpc) is 2.42. The highest BCUT2D eigenvalue weighted by Gasteiger charge is 2.33. The molecular formula is C15H24N2O. The molecule has 3 nitrogen and oxygen atoms in total. The van der Waals surface area contributed by atoms with E-state index in [1.807, 2.05) is 6.92 Å². The van der Waals surface area contributed by atoms with Gasteiger partial charge in [-0.1, -0.05) is 12.1 Å². The van der Waals surface area contributed by atoms with Gasteiger partial charge in [-0.05, 0) is 57.6 Å². The second-order valence-electron chi connectivity index (χ2n) is 5.25. The van der Waals surface area contributed by atoms with Gasteiger partial charge >= 0.3 is 0 Å². The van der Waals surface area contributed by atoms with Crippen LogP contribution in [0.1, 0.15) is 25.3 Å². The van der Waals surface area contributed by atoms with Gasteiger partial charge in [0.2, 0.25) is 0 Å². The fourth-order valence-electron chi connectivity index (χ4n) is 2.73. The van der Waals surface area contributed by atoms with Gasteiger partial charge in [0.15, 0.2) is 0 Å². The molecule has 1 aromatic carbocycles. The van der Waals surface area contributed by atoms with Crippen LogP contribution in [0.2, 0.25) is 0 Å². The molecule has 1 aliphatic rings. The molecule has 3 heteroatoms. The Kier molecular flexibility index (Phi) is 4.25. The molecular weight excluding hydrogens is 224 g/mol. The summed E-state index contributed by atoms with van der Waals surface area (Å²) >= 11 is 0. The zero-order chi connectivity index (χ0) is 13.0. The summed E-state index contributed by atoms with van der Waals surface area (Å²) in [7, 11) is 2.18. The van der Waals surface area contributed by atoms with Crippen LogP contribution in [0.5, 0.6) is 5.75 Å². The number of hydrogen-bond donors (Lipinski definition) is 1. The first-order valence-electron chi connectivity index (χ1n) is 6.82. The Hall–Kier alpha value is -1.06. The zero-order valence-electron chi connectivity index (χ0n) is 11.5. The Morgan fingerprint density at radius 3 is 2.33 bits per heavy atom. The Morgan fingerprint density at radius 2 is 1.83 bits per heavy atom. The predicted molar refractivity (Wildman–Crippen MR) is 75.1 cm³/mol. The second kappa shape index (κ2) is 5.72. The maximum absolute atomic E-state index is 6.06. The summed E-state index contributed by atoms with van der Waals surface area (Å²) in [4.78, 5) is 2.38. The lowest BCUT2D eigenvalue weighted by molar-refractivity contribution is 0.191. The molecule has 2 N–H and O–H groups in total. The summed E-state index contributed by atoms with van der Waals surface area (Å²) in [6.45, 7) is 5.71. The van der Waals surface area contributed by atoms with Crippen LogP contribution >= 0.6 is 0 Å². The third kappa shape index (κ3) is 2.68. The van der Waals surface area contributed by atoms with Gasteiger partial charge in [-0.15, -0.1) is 0 Å². The summed E-state index contributed by atoms with van der Waals surface area (Å²) in [6.07, 6.45) is 2.29. The molecule has 100 valence electrons. The Morgan fingerprint density at radius 1 is 1.22 bits per heavy atom. The summed E-state index contributed by atoms with van der Waals surface area (Å²) in [5, 5.41) is 0. The van der Waals surface area contributed by atoms with Crippen LogP contribution in [-0.4, -0.2) is 38.2 Å². The van der Waals surface area contributed by atoms with Crippen molar-refractivity contribution < 1.29 is 4.74 Å². The molecule has 0 aliphatic carbocycles. The maximum atomic E-state index is 6.06. The van der Waals surface area contributed by atoms with Gasteiger partial charge in [0.25, 0.3) is 0 Å². The highest BCUT2D eigenvalue weighted by molar-refractivity contribution is 5.33. The highest BCUT2D eigenvalue weighted by Crippen LogP contribution is 2.35. The molecule has 1 aromatic rings. The minimum Gasteiger partial charge on any atom is -0.494 e. The van der Waals surface area contributed by atoms with E-state index in [0.717, 1.165) is 38.2 Å². The lowest BCUT2D eigenvalue weighted by atomic mass is 9.73. The number of benzene rings is 1. The molecule has 2 rings (SSSR count). The largest absolute Gasteiger partial charge is 0.494 e. The predicted octanol–water partition coefficient (Wildman–Crippen LogP) is 2.01. The molecule has 1 aliphatic heterocycles. The molecule has 0 radical (unpaired) electrons. The minimum absolute atomic E-state index is 0.164. The van der Waals surface area contributed by atoms with E-state index < -0.39 is 0 Å². The molecule has 0 atom stereocenters. The number of nitrogens with zero attached hydrogens (tertiary/aromatic N) is 1. The van der Waals surface area contributed by atoms with Crippen LogP contribution in [0.15, 0.2) is 24.3 Å². The molecule has 18 heavy (non-hydrogen) atoms. The first kappa shape index (κ1) is 13.4. The molecule has 0 bridgehead atoms. The van der Waals surface area contributed by atoms with Crippen molar-refractivity contribution in [2.24, 2.45) is 5.73 Å². The summed E-state index contributed by atoms with van der Waals surface area (Å²) in [5.41, 5.74) is 7.59. The van der Waals surface area contributed by atoms with Crippen LogP contribution in [0.3, 0.4) is 0 Å². The van der Waals surface area contributed by atoms with E-state index in [0.29, 0.717) is 6.61 Å². The lowest BCUT2D eigenvalue weighted by Gasteiger charge is -2.40. The number of ether oxygens (including phenoxy) is 1. The van der Waals surface area contributed by atoms with E-state index in [2.05, 4.69) is 36.2 Å². The van der Waals surface area contributed by atoms with Crippen LogP contribution in [-0.2, 0) is 5.41 Å². The van der Waals surface area contributed by atoms with Crippen molar-refractivity contribution in [1.29, 1.82) is 0 Å². The van der Waals surface area contributed by atoms with Gasteiger partial charge in [-0.2, -0.15) is 0 Å². The monoisotopic (exact) mass is 248 g/mol. The van der Waals surface area contributed by atoms with Crippen molar-refractivity contribution in [3.63, 3.8) is 0 Å². The average molecular weight is 248 g/mol. The van der Waals surface area contributed by atoms with Crippen LogP contribution in [0, 0.1) is 0 Å². The topological polar surface area (TPSA) is 38.5 Å². The third-order valence-electron chi connectivity index (χ3n) is 4.11. The zero-order valence-corrected chi connectivity index (χ0v) is 11.5. The van der Waals surface area contributed by atoms with Crippen molar-refractivity contribution >= 4 is 0 Å². The smallest absolute Gasteiger partial charge is 0.119 e. The Bertz CT molecular complexity index is 367. The van der Waals surface area contributed by atoms with Crippen molar-refractivity contribution in [1.82, 2.24) is 4.90 Å². The summed E-state index contributed by atoms with van der Waals surface area (Å²) in [6, 6.07) is 8.50. The van der Waals surface area contributed by atoms with E-state index in [1.165, 1.54) is 5.56 Å². The Labute approximate surface area is 110 Å². The molecule has 0 spiro atoms. The summed E-state index contributed by atoms with van der Waals surface area (Å²) in [5.74, 6) is 0.946. The van der Waals surface area contributed by atoms with Gasteiger partial charge in [0.1, 0.15) is 5.75 Å². The molecule has 0 aromatic heterocycles. The van der Waals surface area contributed by atoms with Crippen molar-refractivity contribution in [2.75, 3.05) is 33.3 Å². The number of piperidine rings is 1. The third-order valence-corrected chi connectivity index (χ3v) is 4.11. The fourth-order valence-corrected chi connectivity index (χ4v) is 2.73. The minimum atomic E-state index is 0.164. The molecule has 0 saturated carbocycles. The molecule has 1 heterocycles. The SMILES string of the molecule is CCOc1ccc(C2(CN)CCN(C)CC2)cc1. The van der Waals surface area contributed by atoms with E-state index in [1.54, 1.807) is 0 Å². The van der Waals surface area contributed by atoms with Gasteiger partial charge in [0, 0.05) is 12.0 Å². The number of nitrogens with two attached hydrogens (primary N) is 1.